The minimum Gasteiger partial charge on any atom is -0.355 e. The summed E-state index contributed by atoms with van der Waals surface area (Å²) in [5.41, 5.74) is 6.16. The second-order valence-corrected chi connectivity index (χ2v) is 6.88. The third-order valence-corrected chi connectivity index (χ3v) is 4.46. The first-order valence-corrected chi connectivity index (χ1v) is 8.49. The normalized spacial score (nSPS) is 12.1. The van der Waals surface area contributed by atoms with E-state index in [1.54, 1.807) is 0 Å². The molecule has 0 aromatic heterocycles. The van der Waals surface area contributed by atoms with Gasteiger partial charge in [-0.15, -0.1) is 0 Å². The largest absolute Gasteiger partial charge is 0.355 e. The molecule has 0 aliphatic heterocycles. The van der Waals surface area contributed by atoms with Crippen LogP contribution in [-0.4, -0.2) is 5.11 Å². The highest BCUT2D eigenvalue weighted by atomic mass is 32.1. The fourth-order valence-electron chi connectivity index (χ4n) is 2.67. The van der Waals surface area contributed by atoms with E-state index in [9.17, 15) is 0 Å². The monoisotopic (exact) mass is 326 g/mol. The lowest BCUT2D eigenvalue weighted by atomic mass is 9.93. The number of anilines is 1. The highest BCUT2D eigenvalue weighted by Crippen LogP contribution is 2.25. The van der Waals surface area contributed by atoms with Crippen molar-refractivity contribution in [2.24, 2.45) is 5.92 Å². The fourth-order valence-corrected chi connectivity index (χ4v) is 2.91. The fraction of sp³-hybridized carbons (Fsp3) is 0.350. The first-order valence-electron chi connectivity index (χ1n) is 8.08. The molecule has 0 spiro atoms. The molecular formula is C20H26N2S. The van der Waals surface area contributed by atoms with Gasteiger partial charge in [0.15, 0.2) is 5.11 Å². The summed E-state index contributed by atoms with van der Waals surface area (Å²) >= 11 is 5.53. The first-order chi connectivity index (χ1) is 10.9. The third-order valence-electron chi connectivity index (χ3n) is 4.24. The summed E-state index contributed by atoms with van der Waals surface area (Å²) < 4.78 is 0. The van der Waals surface area contributed by atoms with Crippen LogP contribution in [0.15, 0.2) is 42.5 Å². The molecule has 122 valence electrons. The van der Waals surface area contributed by atoms with Gasteiger partial charge in [-0.05, 0) is 73.3 Å². The van der Waals surface area contributed by atoms with Crippen molar-refractivity contribution in [3.8, 4) is 0 Å². The van der Waals surface area contributed by atoms with Crippen molar-refractivity contribution in [1.29, 1.82) is 0 Å². The molecule has 2 nitrogen and oxygen atoms in total. The van der Waals surface area contributed by atoms with Crippen LogP contribution in [-0.2, 0) is 0 Å². The minimum atomic E-state index is 0.197. The van der Waals surface area contributed by atoms with Gasteiger partial charge in [0.1, 0.15) is 0 Å². The molecule has 0 aliphatic rings. The van der Waals surface area contributed by atoms with E-state index in [4.69, 9.17) is 12.2 Å². The minimum absolute atomic E-state index is 0.197. The predicted octanol–water partition coefficient (Wildman–Crippen LogP) is 5.30. The summed E-state index contributed by atoms with van der Waals surface area (Å²) in [5, 5.41) is 7.44. The second kappa shape index (κ2) is 7.60. The number of thiocarbonyl (C=S) groups is 1. The molecule has 0 radical (unpaired) electrons. The Labute approximate surface area is 145 Å². The van der Waals surface area contributed by atoms with Gasteiger partial charge >= 0.3 is 0 Å². The molecule has 3 heteroatoms. The van der Waals surface area contributed by atoms with Gasteiger partial charge in [-0.25, -0.2) is 0 Å². The van der Waals surface area contributed by atoms with Crippen LogP contribution in [0.5, 0.6) is 0 Å². The number of nitrogens with one attached hydrogen (secondary N) is 2. The molecule has 0 bridgehead atoms. The van der Waals surface area contributed by atoms with Gasteiger partial charge in [-0.2, -0.15) is 0 Å². The van der Waals surface area contributed by atoms with E-state index in [-0.39, 0.29) is 6.04 Å². The zero-order valence-electron chi connectivity index (χ0n) is 14.6. The van der Waals surface area contributed by atoms with Gasteiger partial charge < -0.3 is 10.6 Å². The van der Waals surface area contributed by atoms with E-state index < -0.39 is 0 Å². The summed E-state index contributed by atoms with van der Waals surface area (Å²) in [6.45, 7) is 10.8. The molecule has 2 rings (SSSR count). The van der Waals surface area contributed by atoms with E-state index in [0.29, 0.717) is 11.0 Å². The topological polar surface area (TPSA) is 24.1 Å². The number of benzene rings is 2. The smallest absolute Gasteiger partial charge is 0.171 e. The van der Waals surface area contributed by atoms with E-state index in [1.807, 2.05) is 0 Å². The molecular weight excluding hydrogens is 300 g/mol. The molecule has 0 fully saturated rings. The van der Waals surface area contributed by atoms with Crippen LogP contribution in [0.4, 0.5) is 5.69 Å². The summed E-state index contributed by atoms with van der Waals surface area (Å²) in [4.78, 5) is 0. The molecule has 0 heterocycles. The second-order valence-electron chi connectivity index (χ2n) is 6.48. The summed E-state index contributed by atoms with van der Waals surface area (Å²) in [7, 11) is 0. The van der Waals surface area contributed by atoms with Crippen LogP contribution >= 0.6 is 12.2 Å². The molecule has 1 atom stereocenters. The lowest BCUT2D eigenvalue weighted by molar-refractivity contribution is 0.471. The van der Waals surface area contributed by atoms with Gasteiger partial charge in [-0.3, -0.25) is 0 Å². The SMILES string of the molecule is Cc1ccc(NC(=S)N[C@@H](c2ccccc2C)C(C)C)cc1C. The zero-order chi connectivity index (χ0) is 17.0. The summed E-state index contributed by atoms with van der Waals surface area (Å²) in [6, 6.07) is 15.0. The number of aryl methyl sites for hydroxylation is 3. The quantitative estimate of drug-likeness (QED) is 0.746. The predicted molar refractivity (Wildman–Crippen MR) is 104 cm³/mol. The van der Waals surface area contributed by atoms with Crippen LogP contribution in [0, 0.1) is 26.7 Å². The molecule has 0 aliphatic carbocycles. The Morgan fingerprint density at radius 3 is 2.22 bits per heavy atom. The molecule has 23 heavy (non-hydrogen) atoms. The van der Waals surface area contributed by atoms with Crippen molar-refractivity contribution in [2.75, 3.05) is 5.32 Å². The van der Waals surface area contributed by atoms with Crippen molar-refractivity contribution in [3.05, 3.63) is 64.7 Å². The Balaban J connectivity index is 2.12. The molecule has 0 saturated heterocycles. The van der Waals surface area contributed by atoms with Crippen LogP contribution < -0.4 is 10.6 Å². The van der Waals surface area contributed by atoms with Crippen LogP contribution in [0.3, 0.4) is 0 Å². The van der Waals surface area contributed by atoms with Crippen molar-refractivity contribution >= 4 is 23.0 Å². The number of hydrogen-bond acceptors (Lipinski definition) is 1. The van der Waals surface area contributed by atoms with Crippen molar-refractivity contribution in [2.45, 2.75) is 40.7 Å². The highest BCUT2D eigenvalue weighted by Gasteiger charge is 2.18. The van der Waals surface area contributed by atoms with E-state index in [0.717, 1.165) is 5.69 Å². The highest BCUT2D eigenvalue weighted by molar-refractivity contribution is 7.80. The maximum Gasteiger partial charge on any atom is 0.171 e. The number of hydrogen-bond donors (Lipinski definition) is 2. The van der Waals surface area contributed by atoms with Crippen molar-refractivity contribution < 1.29 is 0 Å². The molecule has 0 amide bonds. The van der Waals surface area contributed by atoms with Gasteiger partial charge in [0.25, 0.3) is 0 Å². The Hall–Kier alpha value is -1.87. The van der Waals surface area contributed by atoms with E-state index in [1.165, 1.54) is 22.3 Å². The summed E-state index contributed by atoms with van der Waals surface area (Å²) in [6.07, 6.45) is 0. The molecule has 2 N–H and O–H groups in total. The first kappa shape index (κ1) is 17.5. The van der Waals surface area contributed by atoms with Gasteiger partial charge in [0.2, 0.25) is 0 Å². The maximum absolute atomic E-state index is 5.53. The lowest BCUT2D eigenvalue weighted by Gasteiger charge is -2.26. The van der Waals surface area contributed by atoms with Crippen LogP contribution in [0.25, 0.3) is 0 Å². The molecule has 2 aromatic carbocycles. The molecule has 2 aromatic rings. The van der Waals surface area contributed by atoms with Crippen LogP contribution in [0.2, 0.25) is 0 Å². The van der Waals surface area contributed by atoms with Gasteiger partial charge in [-0.1, -0.05) is 44.2 Å². The lowest BCUT2D eigenvalue weighted by Crippen LogP contribution is -2.35. The molecule has 0 unspecified atom stereocenters. The Morgan fingerprint density at radius 2 is 1.61 bits per heavy atom. The molecule has 0 saturated carbocycles. The average molecular weight is 327 g/mol. The van der Waals surface area contributed by atoms with E-state index >= 15 is 0 Å². The van der Waals surface area contributed by atoms with Crippen molar-refractivity contribution in [1.82, 2.24) is 5.32 Å². The van der Waals surface area contributed by atoms with E-state index in [2.05, 4.69) is 87.7 Å². The Bertz CT molecular complexity index is 692. The van der Waals surface area contributed by atoms with Crippen LogP contribution in [0.1, 0.15) is 42.1 Å². The van der Waals surface area contributed by atoms with Gasteiger partial charge in [0, 0.05) is 5.69 Å². The third kappa shape index (κ3) is 4.55. The maximum atomic E-state index is 5.53. The zero-order valence-corrected chi connectivity index (χ0v) is 15.4. The van der Waals surface area contributed by atoms with Crippen molar-refractivity contribution in [3.63, 3.8) is 0 Å². The standard InChI is InChI=1S/C20H26N2S/c1-13(2)19(18-9-7-6-8-15(18)4)22-20(23)21-17-11-10-14(3)16(5)12-17/h6-13,19H,1-5H3,(H2,21,22,23)/t19-/m1/s1. The number of rotatable bonds is 4. The Kier molecular flexibility index (Phi) is 5.78. The van der Waals surface area contributed by atoms with Gasteiger partial charge in [0.05, 0.1) is 6.04 Å². The average Bonchev–Trinajstić information content (AvgIpc) is 2.49. The Morgan fingerprint density at radius 1 is 0.913 bits per heavy atom. The summed E-state index contributed by atoms with van der Waals surface area (Å²) in [5.74, 6) is 0.440.